The molecule has 5 aromatic rings. The Labute approximate surface area is 362 Å². The molecule has 0 amide bonds. The predicted octanol–water partition coefficient (Wildman–Crippen LogP) is 7.64. The summed E-state index contributed by atoms with van der Waals surface area (Å²) in [6, 6.07) is 34.4. The molecular formula is C47H58N8O7. The van der Waals surface area contributed by atoms with Gasteiger partial charge in [-0.3, -0.25) is 21.6 Å². The van der Waals surface area contributed by atoms with Crippen molar-refractivity contribution in [3.8, 4) is 28.7 Å². The number of rotatable bonds is 23. The summed E-state index contributed by atoms with van der Waals surface area (Å²) in [4.78, 5) is 10.2. The molecule has 15 heteroatoms. The Morgan fingerprint density at radius 1 is 0.371 bits per heavy atom. The molecule has 0 fully saturated rings. The average Bonchev–Trinajstić information content (AvgIpc) is 3.26. The van der Waals surface area contributed by atoms with Gasteiger partial charge in [0.1, 0.15) is 52.1 Å². The van der Waals surface area contributed by atoms with Crippen molar-refractivity contribution >= 4 is 29.3 Å². The van der Waals surface area contributed by atoms with Gasteiger partial charge in [0.05, 0.1) is 32.0 Å². The van der Waals surface area contributed by atoms with E-state index in [1.54, 1.807) is 48.5 Å². The van der Waals surface area contributed by atoms with Gasteiger partial charge in [0.25, 0.3) is 0 Å². The Kier molecular flexibility index (Phi) is 21.5. The number of hydrogen-bond donors (Lipinski definition) is 10. The summed E-state index contributed by atoms with van der Waals surface area (Å²) < 4.78 is 22.7. The smallest absolute Gasteiger partial charge is 0.335 e. The van der Waals surface area contributed by atoms with Crippen LogP contribution in [0.2, 0.25) is 0 Å². The van der Waals surface area contributed by atoms with E-state index < -0.39 is 5.97 Å². The van der Waals surface area contributed by atoms with E-state index in [1.807, 2.05) is 48.5 Å². The lowest BCUT2D eigenvalue weighted by Crippen LogP contribution is -2.10. The van der Waals surface area contributed by atoms with Crippen LogP contribution in [0.4, 0.5) is 0 Å². The first-order valence-corrected chi connectivity index (χ1v) is 20.1. The first kappa shape index (κ1) is 48.8. The molecule has 0 aromatic heterocycles. The van der Waals surface area contributed by atoms with Gasteiger partial charge in [-0.1, -0.05) is 0 Å². The van der Waals surface area contributed by atoms with Gasteiger partial charge < -0.3 is 52.1 Å². The van der Waals surface area contributed by atoms with E-state index in [1.165, 1.54) is 24.3 Å². The SMILES string of the molecule is N=C(N)c1ccc(OCCCCCCOc2ccc(C(=N)N)cc2)cc1.N=C(N)c1ccc(OCCCCCCOc2ccc(C(=N)N)cc2)cc1.O=C(O)c1ccc(O)cc1. The summed E-state index contributed by atoms with van der Waals surface area (Å²) in [7, 11) is 0. The molecule has 0 aliphatic heterocycles. The molecule has 0 saturated carbocycles. The van der Waals surface area contributed by atoms with E-state index in [0.29, 0.717) is 48.7 Å². The second kappa shape index (κ2) is 27.3. The second-order valence-electron chi connectivity index (χ2n) is 13.8. The Morgan fingerprint density at radius 2 is 0.581 bits per heavy atom. The predicted molar refractivity (Wildman–Crippen MR) is 244 cm³/mol. The van der Waals surface area contributed by atoms with E-state index in [9.17, 15) is 4.79 Å². The van der Waals surface area contributed by atoms with Crippen molar-refractivity contribution in [2.75, 3.05) is 26.4 Å². The van der Waals surface area contributed by atoms with Crippen molar-refractivity contribution < 1.29 is 34.0 Å². The van der Waals surface area contributed by atoms with Crippen LogP contribution < -0.4 is 41.9 Å². The van der Waals surface area contributed by atoms with E-state index in [0.717, 1.165) is 74.4 Å². The number of phenolic OH excluding ortho intramolecular Hbond substituents is 1. The van der Waals surface area contributed by atoms with Gasteiger partial charge in [0.15, 0.2) is 0 Å². The largest absolute Gasteiger partial charge is 0.508 e. The molecule has 14 N–H and O–H groups in total. The monoisotopic (exact) mass is 846 g/mol. The molecule has 5 aromatic carbocycles. The number of hydrogen-bond acceptors (Lipinski definition) is 10. The average molecular weight is 847 g/mol. The normalized spacial score (nSPS) is 10.1. The first-order valence-electron chi connectivity index (χ1n) is 20.1. The zero-order chi connectivity index (χ0) is 45.1. The van der Waals surface area contributed by atoms with Crippen LogP contribution in [0, 0.1) is 21.6 Å². The van der Waals surface area contributed by atoms with Crippen LogP contribution in [0.3, 0.4) is 0 Å². The molecule has 15 nitrogen and oxygen atoms in total. The quantitative estimate of drug-likeness (QED) is 0.0173. The number of nitrogen functional groups attached to an aromatic ring is 4. The van der Waals surface area contributed by atoms with Crippen molar-refractivity contribution in [2.24, 2.45) is 22.9 Å². The number of unbranched alkanes of at least 4 members (excludes halogenated alkanes) is 6. The molecule has 0 aliphatic rings. The highest BCUT2D eigenvalue weighted by atomic mass is 16.5. The van der Waals surface area contributed by atoms with Crippen molar-refractivity contribution in [2.45, 2.75) is 51.4 Å². The summed E-state index contributed by atoms with van der Waals surface area (Å²) >= 11 is 0. The number of aromatic carboxylic acids is 1. The third-order valence-corrected chi connectivity index (χ3v) is 8.93. The van der Waals surface area contributed by atoms with Crippen LogP contribution in [0.25, 0.3) is 0 Å². The Morgan fingerprint density at radius 3 is 0.774 bits per heavy atom. The number of carboxylic acid groups (broad SMARTS) is 1. The van der Waals surface area contributed by atoms with Gasteiger partial charge >= 0.3 is 5.97 Å². The van der Waals surface area contributed by atoms with E-state index in [4.69, 9.17) is 73.7 Å². The number of amidine groups is 4. The van der Waals surface area contributed by atoms with Crippen LogP contribution in [0.15, 0.2) is 121 Å². The van der Waals surface area contributed by atoms with Crippen LogP contribution in [-0.2, 0) is 0 Å². The maximum absolute atomic E-state index is 10.2. The summed E-state index contributed by atoms with van der Waals surface area (Å²) in [6.45, 7) is 2.69. The van der Waals surface area contributed by atoms with Crippen LogP contribution in [-0.4, -0.2) is 66.0 Å². The lowest BCUT2D eigenvalue weighted by molar-refractivity contribution is 0.0697. The minimum Gasteiger partial charge on any atom is -0.508 e. The topological polar surface area (TPSA) is 294 Å². The fourth-order valence-corrected chi connectivity index (χ4v) is 5.40. The van der Waals surface area contributed by atoms with Gasteiger partial charge in [-0.05, 0) is 173 Å². The van der Waals surface area contributed by atoms with Gasteiger partial charge in [-0.15, -0.1) is 0 Å². The standard InChI is InChI=1S/2C20H26N4O2.C7H6O3/c2*21-19(22)15-5-9-17(10-6-15)25-13-3-1-2-4-14-26-18-11-7-16(8-12-18)20(23)24;8-6-3-1-5(2-4-6)7(9)10/h2*5-12H,1-4,13-14H2,(H3,21,22)(H3,23,24);1-4,8H,(H,9,10). The fraction of sp³-hybridized carbons (Fsp3) is 0.255. The molecule has 0 spiro atoms. The minimum absolute atomic E-state index is 0.0635. The number of phenols is 1. The maximum atomic E-state index is 10.2. The molecule has 0 aliphatic carbocycles. The van der Waals surface area contributed by atoms with Crippen LogP contribution >= 0.6 is 0 Å². The third kappa shape index (κ3) is 19.5. The van der Waals surface area contributed by atoms with Crippen molar-refractivity contribution in [1.29, 1.82) is 21.6 Å². The molecule has 328 valence electrons. The molecule has 0 radical (unpaired) electrons. The van der Waals surface area contributed by atoms with Gasteiger partial charge in [-0.2, -0.15) is 0 Å². The Hall–Kier alpha value is -7.55. The second-order valence-corrected chi connectivity index (χ2v) is 13.8. The number of carbonyl (C=O) groups is 1. The summed E-state index contributed by atoms with van der Waals surface area (Å²) in [6.07, 6.45) is 8.28. The van der Waals surface area contributed by atoms with E-state index >= 15 is 0 Å². The molecule has 0 unspecified atom stereocenters. The number of benzene rings is 5. The first-order chi connectivity index (χ1) is 29.8. The highest BCUT2D eigenvalue weighted by molar-refractivity contribution is 5.96. The molecule has 62 heavy (non-hydrogen) atoms. The fourth-order valence-electron chi connectivity index (χ4n) is 5.40. The Balaban J connectivity index is 0.000000271. The number of ether oxygens (including phenoxy) is 4. The van der Waals surface area contributed by atoms with Gasteiger partial charge in [0, 0.05) is 22.3 Å². The number of nitrogens with one attached hydrogen (secondary N) is 4. The molecule has 0 heterocycles. The highest BCUT2D eigenvalue weighted by Crippen LogP contribution is 2.17. The molecule has 0 atom stereocenters. The zero-order valence-corrected chi connectivity index (χ0v) is 34.8. The summed E-state index contributed by atoms with van der Waals surface area (Å²) in [5, 5.41) is 46.5. The lowest BCUT2D eigenvalue weighted by Gasteiger charge is -2.08. The summed E-state index contributed by atoms with van der Waals surface area (Å²) in [5.41, 5.74) is 24.7. The third-order valence-electron chi connectivity index (χ3n) is 8.93. The molecule has 5 rings (SSSR count). The van der Waals surface area contributed by atoms with E-state index in [-0.39, 0.29) is 34.7 Å². The summed E-state index contributed by atoms with van der Waals surface area (Å²) in [5.74, 6) is 2.54. The van der Waals surface area contributed by atoms with Crippen molar-refractivity contribution in [1.82, 2.24) is 0 Å². The number of aromatic hydroxyl groups is 1. The minimum atomic E-state index is -0.986. The number of nitrogens with two attached hydrogens (primary N) is 4. The lowest BCUT2D eigenvalue weighted by atomic mass is 10.2. The van der Waals surface area contributed by atoms with Crippen molar-refractivity contribution in [3.05, 3.63) is 149 Å². The zero-order valence-electron chi connectivity index (χ0n) is 34.8. The van der Waals surface area contributed by atoms with Crippen molar-refractivity contribution in [3.63, 3.8) is 0 Å². The molecule has 0 bridgehead atoms. The maximum Gasteiger partial charge on any atom is 0.335 e. The van der Waals surface area contributed by atoms with E-state index in [2.05, 4.69) is 0 Å². The van der Waals surface area contributed by atoms with Crippen LogP contribution in [0.5, 0.6) is 28.7 Å². The number of carboxylic acids is 1. The Bertz CT molecular complexity index is 1870. The molecule has 0 saturated heterocycles. The van der Waals surface area contributed by atoms with Gasteiger partial charge in [0.2, 0.25) is 0 Å². The van der Waals surface area contributed by atoms with Crippen LogP contribution in [0.1, 0.15) is 84.0 Å². The molecular weight excluding hydrogens is 789 g/mol. The highest BCUT2D eigenvalue weighted by Gasteiger charge is 2.03. The van der Waals surface area contributed by atoms with Gasteiger partial charge in [-0.25, -0.2) is 4.79 Å².